The Balaban J connectivity index is 1.53. The standard InChI is InChI=1S/C25H29N5O4S/c1-18(2)19-5-8-21(9-6-19)35(33,34)28-23-10-7-20(17-22(23)24(31)32)29-13-4-14-30(16-15-29)25-26-11-3-12-27-25/h3,5-12,17-18,28H,4,13-16H2,1-2H3,(H,31,32). The first kappa shape index (κ1) is 24.5. The molecule has 2 aromatic carbocycles. The van der Waals surface area contributed by atoms with E-state index in [-0.39, 0.29) is 22.1 Å². The Morgan fingerprint density at radius 2 is 1.63 bits per heavy atom. The van der Waals surface area contributed by atoms with Crippen LogP contribution in [0.4, 0.5) is 17.3 Å². The van der Waals surface area contributed by atoms with E-state index < -0.39 is 16.0 Å². The second-order valence-corrected chi connectivity index (χ2v) is 10.4. The summed E-state index contributed by atoms with van der Waals surface area (Å²) in [6.45, 7) is 6.92. The van der Waals surface area contributed by atoms with Gasteiger partial charge in [-0.3, -0.25) is 4.72 Å². The monoisotopic (exact) mass is 495 g/mol. The average Bonchev–Trinajstić information content (AvgIpc) is 3.11. The predicted octanol–water partition coefficient (Wildman–Crippen LogP) is 3.82. The van der Waals surface area contributed by atoms with Gasteiger partial charge in [-0.15, -0.1) is 0 Å². The molecule has 35 heavy (non-hydrogen) atoms. The first-order chi connectivity index (χ1) is 16.7. The van der Waals surface area contributed by atoms with Crippen LogP contribution in [0, 0.1) is 0 Å². The second kappa shape index (κ2) is 10.3. The lowest BCUT2D eigenvalue weighted by Gasteiger charge is -2.24. The third kappa shape index (κ3) is 5.71. The van der Waals surface area contributed by atoms with E-state index in [0.717, 1.165) is 30.8 Å². The lowest BCUT2D eigenvalue weighted by atomic mass is 10.0. The summed E-state index contributed by atoms with van der Waals surface area (Å²) in [7, 11) is -3.94. The third-order valence-electron chi connectivity index (χ3n) is 6.03. The van der Waals surface area contributed by atoms with Gasteiger partial charge in [-0.25, -0.2) is 23.2 Å². The lowest BCUT2D eigenvalue weighted by Crippen LogP contribution is -2.31. The Kier molecular flexibility index (Phi) is 7.20. The minimum Gasteiger partial charge on any atom is -0.478 e. The molecular formula is C25H29N5O4S. The number of rotatable bonds is 7. The normalized spacial score (nSPS) is 14.6. The Morgan fingerprint density at radius 1 is 0.971 bits per heavy atom. The van der Waals surface area contributed by atoms with Crippen LogP contribution in [0.3, 0.4) is 0 Å². The highest BCUT2D eigenvalue weighted by Gasteiger charge is 2.22. The van der Waals surface area contributed by atoms with Gasteiger partial charge in [0.25, 0.3) is 10.0 Å². The van der Waals surface area contributed by atoms with Crippen LogP contribution < -0.4 is 14.5 Å². The fourth-order valence-electron chi connectivity index (χ4n) is 4.06. The minimum atomic E-state index is -3.94. The van der Waals surface area contributed by atoms with E-state index in [2.05, 4.69) is 24.5 Å². The van der Waals surface area contributed by atoms with Crippen LogP contribution in [0.5, 0.6) is 0 Å². The molecule has 0 spiro atoms. The fourth-order valence-corrected chi connectivity index (χ4v) is 5.14. The maximum Gasteiger partial charge on any atom is 0.337 e. The Bertz CT molecular complexity index is 1280. The molecule has 1 aromatic heterocycles. The van der Waals surface area contributed by atoms with Gasteiger partial charge in [-0.2, -0.15) is 0 Å². The summed E-state index contributed by atoms with van der Waals surface area (Å²) >= 11 is 0. The molecule has 4 rings (SSSR count). The molecule has 1 aliphatic rings. The maximum absolute atomic E-state index is 12.9. The summed E-state index contributed by atoms with van der Waals surface area (Å²) in [4.78, 5) is 24.9. The second-order valence-electron chi connectivity index (χ2n) is 8.74. The van der Waals surface area contributed by atoms with Crippen molar-refractivity contribution in [2.75, 3.05) is 40.7 Å². The number of carboxylic acid groups (broad SMARTS) is 1. The SMILES string of the molecule is CC(C)c1ccc(S(=O)(=O)Nc2ccc(N3CCCN(c4ncccn4)CC3)cc2C(=O)O)cc1. The van der Waals surface area contributed by atoms with Crippen LogP contribution in [0.15, 0.2) is 65.8 Å². The van der Waals surface area contributed by atoms with Crippen molar-refractivity contribution in [2.45, 2.75) is 31.1 Å². The van der Waals surface area contributed by atoms with Gasteiger partial charge in [0.15, 0.2) is 0 Å². The molecule has 3 aromatic rings. The van der Waals surface area contributed by atoms with Crippen molar-refractivity contribution in [1.29, 1.82) is 0 Å². The zero-order chi connectivity index (χ0) is 25.0. The average molecular weight is 496 g/mol. The van der Waals surface area contributed by atoms with Crippen LogP contribution in [-0.2, 0) is 10.0 Å². The van der Waals surface area contributed by atoms with Crippen LogP contribution in [0.1, 0.15) is 42.1 Å². The van der Waals surface area contributed by atoms with Gasteiger partial charge in [0.2, 0.25) is 5.95 Å². The number of nitrogens with one attached hydrogen (secondary N) is 1. The Labute approximate surface area is 205 Å². The molecule has 1 aliphatic heterocycles. The summed E-state index contributed by atoms with van der Waals surface area (Å²) in [5, 5.41) is 9.82. The van der Waals surface area contributed by atoms with Crippen molar-refractivity contribution in [1.82, 2.24) is 9.97 Å². The summed E-state index contributed by atoms with van der Waals surface area (Å²) in [5.41, 5.74) is 1.68. The molecule has 0 radical (unpaired) electrons. The molecule has 1 fully saturated rings. The number of hydrogen-bond acceptors (Lipinski definition) is 7. The smallest absolute Gasteiger partial charge is 0.337 e. The fraction of sp³-hybridized carbons (Fsp3) is 0.320. The zero-order valence-electron chi connectivity index (χ0n) is 19.8. The molecule has 0 saturated carbocycles. The van der Waals surface area contributed by atoms with Crippen molar-refractivity contribution in [3.8, 4) is 0 Å². The van der Waals surface area contributed by atoms with E-state index in [1.807, 2.05) is 13.8 Å². The van der Waals surface area contributed by atoms with Gasteiger partial charge in [0, 0.05) is 44.3 Å². The van der Waals surface area contributed by atoms with Gasteiger partial charge in [-0.1, -0.05) is 26.0 Å². The number of sulfonamides is 1. The van der Waals surface area contributed by atoms with E-state index >= 15 is 0 Å². The van der Waals surface area contributed by atoms with E-state index in [1.165, 1.54) is 24.3 Å². The van der Waals surface area contributed by atoms with Gasteiger partial charge in [-0.05, 0) is 54.3 Å². The quantitative estimate of drug-likeness (QED) is 0.508. The molecule has 2 N–H and O–H groups in total. The number of aromatic nitrogens is 2. The van der Waals surface area contributed by atoms with Crippen molar-refractivity contribution in [3.63, 3.8) is 0 Å². The largest absolute Gasteiger partial charge is 0.478 e. The van der Waals surface area contributed by atoms with Crippen LogP contribution >= 0.6 is 0 Å². The van der Waals surface area contributed by atoms with Gasteiger partial charge in [0.1, 0.15) is 0 Å². The zero-order valence-corrected chi connectivity index (χ0v) is 20.6. The van der Waals surface area contributed by atoms with Crippen molar-refractivity contribution >= 4 is 33.3 Å². The summed E-state index contributed by atoms with van der Waals surface area (Å²) in [5.74, 6) is -0.252. The lowest BCUT2D eigenvalue weighted by molar-refractivity contribution is 0.0698. The van der Waals surface area contributed by atoms with Crippen molar-refractivity contribution < 1.29 is 18.3 Å². The maximum atomic E-state index is 12.9. The van der Waals surface area contributed by atoms with E-state index in [0.29, 0.717) is 19.0 Å². The molecule has 0 bridgehead atoms. The van der Waals surface area contributed by atoms with E-state index in [1.54, 1.807) is 36.7 Å². The van der Waals surface area contributed by atoms with Gasteiger partial charge in [0.05, 0.1) is 16.1 Å². The molecule has 9 nitrogen and oxygen atoms in total. The molecule has 10 heteroatoms. The predicted molar refractivity (Wildman–Crippen MR) is 136 cm³/mol. The first-order valence-corrected chi connectivity index (χ1v) is 13.0. The molecule has 0 unspecified atom stereocenters. The molecular weight excluding hydrogens is 466 g/mol. The molecule has 184 valence electrons. The number of aromatic carboxylic acids is 1. The first-order valence-electron chi connectivity index (χ1n) is 11.5. The van der Waals surface area contributed by atoms with Crippen LogP contribution in [0.2, 0.25) is 0 Å². The number of benzene rings is 2. The van der Waals surface area contributed by atoms with Crippen molar-refractivity contribution in [2.24, 2.45) is 0 Å². The number of hydrogen-bond donors (Lipinski definition) is 2. The Hall–Kier alpha value is -3.66. The minimum absolute atomic E-state index is 0.0309. The van der Waals surface area contributed by atoms with E-state index in [9.17, 15) is 18.3 Å². The number of carbonyl (C=O) groups is 1. The van der Waals surface area contributed by atoms with Crippen LogP contribution in [-0.4, -0.2) is 55.6 Å². The number of nitrogens with zero attached hydrogens (tertiary/aromatic N) is 4. The molecule has 1 saturated heterocycles. The van der Waals surface area contributed by atoms with Crippen molar-refractivity contribution in [3.05, 3.63) is 72.1 Å². The van der Waals surface area contributed by atoms with E-state index in [4.69, 9.17) is 0 Å². The Morgan fingerprint density at radius 3 is 2.29 bits per heavy atom. The van der Waals surface area contributed by atoms with Gasteiger partial charge >= 0.3 is 5.97 Å². The highest BCUT2D eigenvalue weighted by Crippen LogP contribution is 2.27. The summed E-state index contributed by atoms with van der Waals surface area (Å²) in [6, 6.07) is 13.2. The molecule has 0 aliphatic carbocycles. The molecule has 0 amide bonds. The highest BCUT2D eigenvalue weighted by atomic mass is 32.2. The third-order valence-corrected chi connectivity index (χ3v) is 7.41. The molecule has 0 atom stereocenters. The van der Waals surface area contributed by atoms with Gasteiger partial charge < -0.3 is 14.9 Å². The number of anilines is 3. The summed E-state index contributed by atoms with van der Waals surface area (Å²) < 4.78 is 28.3. The molecule has 2 heterocycles. The highest BCUT2D eigenvalue weighted by molar-refractivity contribution is 7.92. The topological polar surface area (TPSA) is 116 Å². The van der Waals surface area contributed by atoms with Crippen LogP contribution in [0.25, 0.3) is 0 Å². The number of carboxylic acids is 1. The summed E-state index contributed by atoms with van der Waals surface area (Å²) in [6.07, 6.45) is 4.27.